The van der Waals surface area contributed by atoms with Crippen molar-refractivity contribution in [3.05, 3.63) is 57.1 Å². The number of hydrazine groups is 2. The predicted molar refractivity (Wildman–Crippen MR) is 107 cm³/mol. The summed E-state index contributed by atoms with van der Waals surface area (Å²) in [6.45, 7) is 9.90. The number of benzene rings is 2. The third-order valence-electron chi connectivity index (χ3n) is 5.38. The molecule has 4 rings (SSSR count). The van der Waals surface area contributed by atoms with Gasteiger partial charge in [0.1, 0.15) is 0 Å². The lowest BCUT2D eigenvalue weighted by atomic mass is 9.93. The lowest BCUT2D eigenvalue weighted by Crippen LogP contribution is -2.49. The van der Waals surface area contributed by atoms with Gasteiger partial charge in [0.05, 0.1) is 16.7 Å². The van der Waals surface area contributed by atoms with E-state index in [4.69, 9.17) is 16.5 Å². The van der Waals surface area contributed by atoms with Crippen LogP contribution >= 0.6 is 11.6 Å². The quantitative estimate of drug-likeness (QED) is 0.760. The summed E-state index contributed by atoms with van der Waals surface area (Å²) in [5.41, 5.74) is 6.72. The maximum absolute atomic E-state index is 12.6. The average molecular weight is 385 g/mol. The van der Waals surface area contributed by atoms with Crippen LogP contribution in [0.3, 0.4) is 0 Å². The van der Waals surface area contributed by atoms with Crippen LogP contribution in [0.4, 0.5) is 11.4 Å². The molecule has 2 aliphatic heterocycles. The fraction of sp³-hybridized carbons (Fsp3) is 0.300. The fourth-order valence-corrected chi connectivity index (χ4v) is 3.89. The molecule has 0 atom stereocenters. The summed E-state index contributed by atoms with van der Waals surface area (Å²) >= 11 is 6.49. The van der Waals surface area contributed by atoms with Crippen molar-refractivity contribution >= 4 is 34.7 Å². The number of carbonyl (C=O) groups excluding carboxylic acids is 1. The number of rotatable bonds is 2. The number of hydrogen-bond acceptors (Lipinski definition) is 5. The molecule has 0 spiro atoms. The normalized spacial score (nSPS) is 15.6. The van der Waals surface area contributed by atoms with Crippen molar-refractivity contribution in [1.82, 2.24) is 5.28 Å². The Morgan fingerprint density at radius 2 is 1.63 bits per heavy atom. The molecule has 0 N–H and O–H groups in total. The second-order valence-electron chi connectivity index (χ2n) is 6.80. The van der Waals surface area contributed by atoms with Gasteiger partial charge in [0, 0.05) is 17.0 Å². The smallest absolute Gasteiger partial charge is 0.245 e. The number of nitrogens with zero attached hydrogens (tertiary/aromatic N) is 4. The first-order valence-corrected chi connectivity index (χ1v) is 9.29. The zero-order valence-electron chi connectivity index (χ0n) is 16.0. The van der Waals surface area contributed by atoms with E-state index in [2.05, 4.69) is 5.16 Å². The van der Waals surface area contributed by atoms with Crippen molar-refractivity contribution in [2.24, 2.45) is 5.16 Å². The zero-order valence-corrected chi connectivity index (χ0v) is 16.8. The highest BCUT2D eigenvalue weighted by atomic mass is 35.5. The Kier molecular flexibility index (Phi) is 4.13. The number of halogens is 1. The van der Waals surface area contributed by atoms with E-state index in [0.717, 1.165) is 44.2 Å². The van der Waals surface area contributed by atoms with Gasteiger partial charge in [0.2, 0.25) is 11.7 Å². The molecule has 2 heterocycles. The van der Waals surface area contributed by atoms with Crippen LogP contribution in [-0.2, 0) is 9.73 Å². The number of para-hydroxylation sites is 2. The first-order chi connectivity index (χ1) is 12.9. The SMILES string of the molecule is CCC(=O)N1c2ccccc2N2C(c3c(C)c(C)c(Cl)c(C)c3C)=NON12. The molecule has 140 valence electrons. The van der Waals surface area contributed by atoms with E-state index in [1.54, 1.807) is 0 Å². The van der Waals surface area contributed by atoms with E-state index in [0.29, 0.717) is 12.3 Å². The van der Waals surface area contributed by atoms with Gasteiger partial charge < -0.3 is 0 Å². The molecule has 0 saturated carbocycles. The van der Waals surface area contributed by atoms with Gasteiger partial charge in [-0.05, 0) is 67.2 Å². The molecule has 0 aliphatic carbocycles. The molecule has 27 heavy (non-hydrogen) atoms. The second-order valence-corrected chi connectivity index (χ2v) is 7.18. The van der Waals surface area contributed by atoms with E-state index in [1.807, 2.05) is 63.9 Å². The molecule has 0 unspecified atom stereocenters. The lowest BCUT2D eigenvalue weighted by Gasteiger charge is -2.25. The molecule has 0 saturated heterocycles. The molecule has 2 aliphatic rings. The third kappa shape index (κ3) is 2.37. The number of anilines is 2. The van der Waals surface area contributed by atoms with Gasteiger partial charge in [0.15, 0.2) is 0 Å². The van der Waals surface area contributed by atoms with Gasteiger partial charge in [-0.2, -0.15) is 10.0 Å². The number of amides is 1. The van der Waals surface area contributed by atoms with E-state index >= 15 is 0 Å². The summed E-state index contributed by atoms with van der Waals surface area (Å²) in [7, 11) is 0. The van der Waals surface area contributed by atoms with E-state index in [1.165, 1.54) is 10.3 Å². The van der Waals surface area contributed by atoms with E-state index in [9.17, 15) is 4.79 Å². The molecule has 6 nitrogen and oxygen atoms in total. The topological polar surface area (TPSA) is 48.4 Å². The van der Waals surface area contributed by atoms with E-state index < -0.39 is 0 Å². The summed E-state index contributed by atoms with van der Waals surface area (Å²) in [6.07, 6.45) is 0.356. The number of carbonyl (C=O) groups is 1. The molecule has 7 heteroatoms. The lowest BCUT2D eigenvalue weighted by molar-refractivity contribution is -0.158. The Morgan fingerprint density at radius 1 is 1.04 bits per heavy atom. The minimum Gasteiger partial charge on any atom is -0.273 e. The summed E-state index contributed by atoms with van der Waals surface area (Å²) in [5, 5.41) is 9.87. The highest BCUT2D eigenvalue weighted by Crippen LogP contribution is 2.43. The number of oxime groups is 1. The Labute approximate surface area is 163 Å². The van der Waals surface area contributed by atoms with Crippen molar-refractivity contribution in [2.75, 3.05) is 10.0 Å². The van der Waals surface area contributed by atoms with Gasteiger partial charge in [0.25, 0.3) is 0 Å². The third-order valence-corrected chi connectivity index (χ3v) is 5.94. The van der Waals surface area contributed by atoms with Crippen LogP contribution in [0.1, 0.15) is 41.2 Å². The zero-order chi connectivity index (χ0) is 19.5. The Balaban J connectivity index is 1.90. The van der Waals surface area contributed by atoms with Crippen molar-refractivity contribution in [2.45, 2.75) is 41.0 Å². The number of hydrogen-bond donors (Lipinski definition) is 0. The second kappa shape index (κ2) is 6.25. The minimum atomic E-state index is -0.0710. The van der Waals surface area contributed by atoms with Crippen LogP contribution in [0.15, 0.2) is 29.4 Å². The van der Waals surface area contributed by atoms with Gasteiger partial charge >= 0.3 is 0 Å². The fourth-order valence-electron chi connectivity index (χ4n) is 3.61. The Morgan fingerprint density at radius 3 is 2.22 bits per heavy atom. The van der Waals surface area contributed by atoms with Gasteiger partial charge in [-0.15, -0.1) is 0 Å². The van der Waals surface area contributed by atoms with E-state index in [-0.39, 0.29) is 5.91 Å². The first kappa shape index (κ1) is 17.8. The predicted octanol–water partition coefficient (Wildman–Crippen LogP) is 4.58. The molecular formula is C20H21ClN4O2. The molecular weight excluding hydrogens is 364 g/mol. The molecule has 0 aromatic heterocycles. The molecule has 2 aromatic carbocycles. The molecule has 0 radical (unpaired) electrons. The summed E-state index contributed by atoms with van der Waals surface area (Å²) in [5.74, 6) is 0.574. The largest absolute Gasteiger partial charge is 0.273 e. The summed E-state index contributed by atoms with van der Waals surface area (Å²) < 4.78 is 0. The molecule has 2 aromatic rings. The highest BCUT2D eigenvalue weighted by Gasteiger charge is 2.46. The van der Waals surface area contributed by atoms with Crippen LogP contribution in [0, 0.1) is 27.7 Å². The maximum atomic E-state index is 12.6. The van der Waals surface area contributed by atoms with Crippen LogP contribution in [0.5, 0.6) is 0 Å². The van der Waals surface area contributed by atoms with Crippen molar-refractivity contribution < 1.29 is 9.73 Å². The standard InChI is InChI=1S/C20H21ClN4O2/c1-6-17(26)23-15-9-7-8-10-16(15)24-20(22-27-25(23)24)18-11(2)13(4)19(21)14(5)12(18)3/h7-10H,6H2,1-5H3. The summed E-state index contributed by atoms with van der Waals surface area (Å²) in [6, 6.07) is 7.70. The first-order valence-electron chi connectivity index (χ1n) is 8.91. The Bertz CT molecular complexity index is 973. The van der Waals surface area contributed by atoms with Crippen LogP contribution in [0.25, 0.3) is 0 Å². The number of amidine groups is 1. The van der Waals surface area contributed by atoms with Crippen LogP contribution in [-0.4, -0.2) is 17.0 Å². The van der Waals surface area contributed by atoms with Crippen molar-refractivity contribution in [3.63, 3.8) is 0 Å². The van der Waals surface area contributed by atoms with Gasteiger partial charge in [-0.3, -0.25) is 9.73 Å². The minimum absolute atomic E-state index is 0.0710. The van der Waals surface area contributed by atoms with Crippen LogP contribution in [0.2, 0.25) is 5.02 Å². The number of fused-ring (bicyclic) bond motifs is 3. The van der Waals surface area contributed by atoms with Crippen molar-refractivity contribution in [1.29, 1.82) is 0 Å². The van der Waals surface area contributed by atoms with Gasteiger partial charge in [-0.1, -0.05) is 30.7 Å². The Hall–Kier alpha value is -2.57. The average Bonchev–Trinajstić information content (AvgIpc) is 3.23. The molecule has 0 fully saturated rings. The maximum Gasteiger partial charge on any atom is 0.245 e. The molecule has 1 amide bonds. The van der Waals surface area contributed by atoms with Crippen LogP contribution < -0.4 is 10.0 Å². The van der Waals surface area contributed by atoms with Gasteiger partial charge in [-0.25, -0.2) is 0 Å². The highest BCUT2D eigenvalue weighted by molar-refractivity contribution is 6.32. The molecule has 0 bridgehead atoms. The van der Waals surface area contributed by atoms with Crippen molar-refractivity contribution in [3.8, 4) is 0 Å². The monoisotopic (exact) mass is 384 g/mol. The summed E-state index contributed by atoms with van der Waals surface area (Å²) in [4.78, 5) is 18.2.